The topological polar surface area (TPSA) is 69.6 Å². The Labute approximate surface area is 159 Å². The molecule has 27 heavy (non-hydrogen) atoms. The summed E-state index contributed by atoms with van der Waals surface area (Å²) in [5, 5.41) is 9.67. The second-order valence-corrected chi connectivity index (χ2v) is 7.67. The monoisotopic (exact) mass is 366 g/mol. The lowest BCUT2D eigenvalue weighted by Gasteiger charge is -2.34. The molecule has 2 aromatic rings. The van der Waals surface area contributed by atoms with Gasteiger partial charge < -0.3 is 14.9 Å². The minimum atomic E-state index is 0.0794. The minimum Gasteiger partial charge on any atom is -0.508 e. The molecule has 6 heteroatoms. The van der Waals surface area contributed by atoms with Gasteiger partial charge in [0.15, 0.2) is 0 Å². The van der Waals surface area contributed by atoms with E-state index in [1.807, 2.05) is 17.9 Å². The summed E-state index contributed by atoms with van der Waals surface area (Å²) in [5.74, 6) is 2.37. The van der Waals surface area contributed by atoms with Crippen LogP contribution in [0.1, 0.15) is 35.2 Å². The Morgan fingerprint density at radius 3 is 2.48 bits per heavy atom. The van der Waals surface area contributed by atoms with Crippen molar-refractivity contribution >= 4 is 11.9 Å². The summed E-state index contributed by atoms with van der Waals surface area (Å²) in [7, 11) is 0. The van der Waals surface area contributed by atoms with Crippen molar-refractivity contribution in [1.29, 1.82) is 0 Å². The summed E-state index contributed by atoms with van der Waals surface area (Å²) in [6.45, 7) is 5.45. The lowest BCUT2D eigenvalue weighted by molar-refractivity contribution is 0.0780. The molecule has 142 valence electrons. The van der Waals surface area contributed by atoms with Crippen molar-refractivity contribution in [3.05, 3.63) is 47.8 Å². The molecule has 2 aliphatic heterocycles. The highest BCUT2D eigenvalue weighted by molar-refractivity contribution is 5.94. The van der Waals surface area contributed by atoms with E-state index in [1.54, 1.807) is 30.6 Å². The lowest BCUT2D eigenvalue weighted by atomic mass is 9.84. The van der Waals surface area contributed by atoms with Crippen LogP contribution in [-0.4, -0.2) is 52.1 Å². The largest absolute Gasteiger partial charge is 0.508 e. The third-order valence-electron chi connectivity index (χ3n) is 6.00. The molecule has 6 nitrogen and oxygen atoms in total. The predicted octanol–water partition coefficient (Wildman–Crippen LogP) is 2.87. The van der Waals surface area contributed by atoms with Crippen LogP contribution in [0.2, 0.25) is 0 Å². The van der Waals surface area contributed by atoms with E-state index < -0.39 is 0 Å². The van der Waals surface area contributed by atoms with Crippen LogP contribution < -0.4 is 4.90 Å². The minimum absolute atomic E-state index is 0.0794. The molecule has 0 bridgehead atoms. The van der Waals surface area contributed by atoms with E-state index in [0.29, 0.717) is 17.4 Å². The quantitative estimate of drug-likeness (QED) is 0.905. The van der Waals surface area contributed by atoms with Crippen LogP contribution in [0.3, 0.4) is 0 Å². The number of aromatic hydroxyl groups is 1. The van der Waals surface area contributed by atoms with Gasteiger partial charge in [-0.1, -0.05) is 0 Å². The third kappa shape index (κ3) is 3.75. The number of phenols is 1. The van der Waals surface area contributed by atoms with Gasteiger partial charge in [0.05, 0.1) is 0 Å². The first-order valence-electron chi connectivity index (χ1n) is 9.72. The number of piperidine rings is 1. The zero-order valence-electron chi connectivity index (χ0n) is 15.7. The number of anilines is 1. The molecule has 2 saturated heterocycles. The van der Waals surface area contributed by atoms with Crippen molar-refractivity contribution in [3.8, 4) is 5.75 Å². The Bertz CT molecular complexity index is 803. The van der Waals surface area contributed by atoms with Gasteiger partial charge in [-0.2, -0.15) is 0 Å². The fourth-order valence-corrected chi connectivity index (χ4v) is 4.35. The van der Waals surface area contributed by atoms with Crippen LogP contribution in [0.5, 0.6) is 5.75 Å². The molecule has 1 amide bonds. The molecule has 1 atom stereocenters. The average molecular weight is 366 g/mol. The lowest BCUT2D eigenvalue weighted by Crippen LogP contribution is -2.38. The molecule has 3 heterocycles. The summed E-state index contributed by atoms with van der Waals surface area (Å²) in [5.41, 5.74) is 1.41. The summed E-state index contributed by atoms with van der Waals surface area (Å²) in [4.78, 5) is 25.7. The molecular weight excluding hydrogens is 340 g/mol. The first-order chi connectivity index (χ1) is 13.1. The molecule has 0 saturated carbocycles. The van der Waals surface area contributed by atoms with Crippen molar-refractivity contribution in [2.75, 3.05) is 31.1 Å². The number of benzene rings is 1. The Hall–Kier alpha value is -2.63. The van der Waals surface area contributed by atoms with Gasteiger partial charge >= 0.3 is 0 Å². The molecule has 0 radical (unpaired) electrons. The number of carbonyl (C=O) groups excluding carboxylic acids is 1. The van der Waals surface area contributed by atoms with Crippen molar-refractivity contribution < 1.29 is 9.90 Å². The molecule has 2 aliphatic rings. The SMILES string of the molecule is Cc1cc(C(=O)N2CC[C@@H](C3CCN(c4ncccn4)CC3)C2)ccc1O. The van der Waals surface area contributed by atoms with Gasteiger partial charge in [-0.15, -0.1) is 0 Å². The van der Waals surface area contributed by atoms with E-state index in [4.69, 9.17) is 0 Å². The number of hydrogen-bond donors (Lipinski definition) is 1. The molecule has 2 fully saturated rings. The van der Waals surface area contributed by atoms with Crippen molar-refractivity contribution in [3.63, 3.8) is 0 Å². The number of rotatable bonds is 3. The molecule has 4 rings (SSSR count). The molecule has 0 spiro atoms. The summed E-state index contributed by atoms with van der Waals surface area (Å²) in [6, 6.07) is 6.95. The van der Waals surface area contributed by atoms with Crippen LogP contribution in [0.4, 0.5) is 5.95 Å². The maximum atomic E-state index is 12.8. The van der Waals surface area contributed by atoms with E-state index in [-0.39, 0.29) is 11.7 Å². The standard InChI is InChI=1S/C21H26N4O2/c1-15-13-17(3-4-19(15)26)20(27)25-12-7-18(14-25)16-5-10-24(11-6-16)21-22-8-2-9-23-21/h2-4,8-9,13,16,18,26H,5-7,10-12,14H2,1H3/t18-/m1/s1. The number of aromatic nitrogens is 2. The van der Waals surface area contributed by atoms with Crippen molar-refractivity contribution in [2.24, 2.45) is 11.8 Å². The van der Waals surface area contributed by atoms with Crippen LogP contribution >= 0.6 is 0 Å². The molecule has 0 unspecified atom stereocenters. The molecular formula is C21H26N4O2. The zero-order valence-corrected chi connectivity index (χ0v) is 15.7. The number of carbonyl (C=O) groups is 1. The fourth-order valence-electron chi connectivity index (χ4n) is 4.35. The number of aryl methyl sites for hydroxylation is 1. The fraction of sp³-hybridized carbons (Fsp3) is 0.476. The summed E-state index contributed by atoms with van der Waals surface area (Å²) in [6.07, 6.45) is 6.92. The molecule has 1 aromatic heterocycles. The molecule has 1 N–H and O–H groups in total. The normalized spacial score (nSPS) is 20.9. The summed E-state index contributed by atoms with van der Waals surface area (Å²) < 4.78 is 0. The van der Waals surface area contributed by atoms with E-state index in [1.165, 1.54) is 0 Å². The van der Waals surface area contributed by atoms with E-state index in [9.17, 15) is 9.90 Å². The number of hydrogen-bond acceptors (Lipinski definition) is 5. The Morgan fingerprint density at radius 1 is 1.07 bits per heavy atom. The predicted molar refractivity (Wildman–Crippen MR) is 104 cm³/mol. The van der Waals surface area contributed by atoms with E-state index in [2.05, 4.69) is 14.9 Å². The summed E-state index contributed by atoms with van der Waals surface area (Å²) >= 11 is 0. The van der Waals surface area contributed by atoms with Gasteiger partial charge in [0, 0.05) is 44.1 Å². The number of amides is 1. The maximum Gasteiger partial charge on any atom is 0.253 e. The average Bonchev–Trinajstić information content (AvgIpc) is 3.20. The number of phenolic OH excluding ortho intramolecular Hbond substituents is 1. The van der Waals surface area contributed by atoms with Crippen LogP contribution in [0.15, 0.2) is 36.7 Å². The molecule has 1 aromatic carbocycles. The number of likely N-dealkylation sites (tertiary alicyclic amines) is 1. The van der Waals surface area contributed by atoms with Gasteiger partial charge in [-0.25, -0.2) is 9.97 Å². The highest BCUT2D eigenvalue weighted by Crippen LogP contribution is 2.33. The smallest absolute Gasteiger partial charge is 0.253 e. The third-order valence-corrected chi connectivity index (χ3v) is 6.00. The van der Waals surface area contributed by atoms with Crippen molar-refractivity contribution in [1.82, 2.24) is 14.9 Å². The van der Waals surface area contributed by atoms with Gasteiger partial charge in [0.1, 0.15) is 5.75 Å². The van der Waals surface area contributed by atoms with Gasteiger partial charge in [0.2, 0.25) is 5.95 Å². The van der Waals surface area contributed by atoms with E-state index >= 15 is 0 Å². The van der Waals surface area contributed by atoms with Gasteiger partial charge in [0.25, 0.3) is 5.91 Å². The van der Waals surface area contributed by atoms with Gasteiger partial charge in [-0.3, -0.25) is 4.79 Å². The van der Waals surface area contributed by atoms with Gasteiger partial charge in [-0.05, 0) is 67.9 Å². The first-order valence-corrected chi connectivity index (χ1v) is 9.72. The van der Waals surface area contributed by atoms with E-state index in [0.717, 1.165) is 57.0 Å². The Balaban J connectivity index is 1.33. The van der Waals surface area contributed by atoms with Crippen LogP contribution in [0, 0.1) is 18.8 Å². The zero-order chi connectivity index (χ0) is 18.8. The van der Waals surface area contributed by atoms with Crippen LogP contribution in [-0.2, 0) is 0 Å². The number of nitrogens with zero attached hydrogens (tertiary/aromatic N) is 4. The second kappa shape index (κ2) is 7.55. The molecule has 0 aliphatic carbocycles. The maximum absolute atomic E-state index is 12.8. The Kier molecular flexibility index (Phi) is 4.97. The Morgan fingerprint density at radius 2 is 1.78 bits per heavy atom. The van der Waals surface area contributed by atoms with Crippen molar-refractivity contribution in [2.45, 2.75) is 26.2 Å². The highest BCUT2D eigenvalue weighted by Gasteiger charge is 2.34. The van der Waals surface area contributed by atoms with Crippen LogP contribution in [0.25, 0.3) is 0 Å². The highest BCUT2D eigenvalue weighted by atomic mass is 16.3. The second-order valence-electron chi connectivity index (χ2n) is 7.67. The first kappa shape index (κ1) is 17.8.